The highest BCUT2D eigenvalue weighted by Crippen LogP contribution is 2.52. The monoisotopic (exact) mass is 383 g/mol. The lowest BCUT2D eigenvalue weighted by molar-refractivity contribution is 0.111. The van der Waals surface area contributed by atoms with Crippen LogP contribution in [0.4, 0.5) is 0 Å². The number of hydrogen-bond acceptors (Lipinski definition) is 6. The molecule has 0 radical (unpaired) electrons. The van der Waals surface area contributed by atoms with Crippen molar-refractivity contribution in [2.45, 2.75) is 70.4 Å². The predicted molar refractivity (Wildman–Crippen MR) is 105 cm³/mol. The summed E-state index contributed by atoms with van der Waals surface area (Å²) in [7, 11) is 0. The van der Waals surface area contributed by atoms with Gasteiger partial charge in [0.05, 0.1) is 6.54 Å². The van der Waals surface area contributed by atoms with Crippen molar-refractivity contribution in [1.82, 2.24) is 15.0 Å². The van der Waals surface area contributed by atoms with Gasteiger partial charge in [-0.25, -0.2) is 0 Å². The molecule has 0 saturated heterocycles. The zero-order valence-corrected chi connectivity index (χ0v) is 16.9. The molecule has 1 fully saturated rings. The molecule has 3 aliphatic rings. The minimum absolute atomic E-state index is 0.198. The maximum Gasteiger partial charge on any atom is 0.240 e. The maximum atomic E-state index is 5.90. The first-order valence-corrected chi connectivity index (χ1v) is 10.7. The van der Waals surface area contributed by atoms with Gasteiger partial charge in [0.25, 0.3) is 0 Å². The van der Waals surface area contributed by atoms with Crippen LogP contribution in [0.25, 0.3) is 0 Å². The van der Waals surface area contributed by atoms with E-state index in [0.717, 1.165) is 42.6 Å². The first-order valence-electron chi connectivity index (χ1n) is 10.7. The van der Waals surface area contributed by atoms with E-state index in [0.29, 0.717) is 19.8 Å². The van der Waals surface area contributed by atoms with Gasteiger partial charge in [-0.1, -0.05) is 24.9 Å². The highest BCUT2D eigenvalue weighted by Gasteiger charge is 2.45. The van der Waals surface area contributed by atoms with Gasteiger partial charge in [0.2, 0.25) is 5.89 Å². The van der Waals surface area contributed by atoms with Gasteiger partial charge in [-0.15, -0.1) is 0 Å². The number of fused-ring (bicyclic) bond motifs is 3. The van der Waals surface area contributed by atoms with E-state index in [9.17, 15) is 0 Å². The lowest BCUT2D eigenvalue weighted by Gasteiger charge is -2.46. The van der Waals surface area contributed by atoms with E-state index in [4.69, 9.17) is 14.0 Å². The van der Waals surface area contributed by atoms with Gasteiger partial charge in [0.1, 0.15) is 13.2 Å². The third-order valence-electron chi connectivity index (χ3n) is 6.67. The van der Waals surface area contributed by atoms with E-state index in [2.05, 4.69) is 41.0 Å². The maximum absolute atomic E-state index is 5.90. The van der Waals surface area contributed by atoms with Gasteiger partial charge in [-0.05, 0) is 49.4 Å². The summed E-state index contributed by atoms with van der Waals surface area (Å²) in [5.41, 5.74) is 3.03. The molecule has 1 aromatic carbocycles. The second kappa shape index (κ2) is 7.07. The molecule has 0 amide bonds. The SMILES string of the molecule is CCCc1noc(CN2CC3(CCCC3)c3cc4c(cc3[C@H]2C)OCCO4)n1. The van der Waals surface area contributed by atoms with Crippen molar-refractivity contribution in [3.63, 3.8) is 0 Å². The normalized spacial score (nSPS) is 23.1. The summed E-state index contributed by atoms with van der Waals surface area (Å²) in [4.78, 5) is 7.11. The Morgan fingerprint density at radius 1 is 1.14 bits per heavy atom. The highest BCUT2D eigenvalue weighted by atomic mass is 16.6. The zero-order chi connectivity index (χ0) is 19.1. The fourth-order valence-corrected chi connectivity index (χ4v) is 5.24. The topological polar surface area (TPSA) is 60.6 Å². The molecule has 0 unspecified atom stereocenters. The van der Waals surface area contributed by atoms with Crippen molar-refractivity contribution in [2.24, 2.45) is 0 Å². The Morgan fingerprint density at radius 3 is 2.64 bits per heavy atom. The predicted octanol–water partition coefficient (Wildman–Crippen LogP) is 4.18. The van der Waals surface area contributed by atoms with Gasteiger partial charge >= 0.3 is 0 Å². The van der Waals surface area contributed by atoms with E-state index >= 15 is 0 Å². The van der Waals surface area contributed by atoms with E-state index < -0.39 is 0 Å². The summed E-state index contributed by atoms with van der Waals surface area (Å²) in [5.74, 6) is 3.34. The van der Waals surface area contributed by atoms with E-state index in [-0.39, 0.29) is 11.5 Å². The third kappa shape index (κ3) is 2.98. The van der Waals surface area contributed by atoms with Gasteiger partial charge in [-0.3, -0.25) is 4.90 Å². The van der Waals surface area contributed by atoms with Crippen LogP contribution in [0.15, 0.2) is 16.7 Å². The number of nitrogens with zero attached hydrogens (tertiary/aromatic N) is 3. The molecule has 1 aromatic heterocycles. The fraction of sp³-hybridized carbons (Fsp3) is 0.636. The molecular formula is C22H29N3O3. The van der Waals surface area contributed by atoms with Crippen LogP contribution in [0.3, 0.4) is 0 Å². The first-order chi connectivity index (χ1) is 13.7. The number of aryl methyl sites for hydroxylation is 1. The molecule has 150 valence electrons. The molecule has 6 nitrogen and oxygen atoms in total. The number of hydrogen-bond donors (Lipinski definition) is 0. The van der Waals surface area contributed by atoms with Crippen LogP contribution in [0.1, 0.15) is 74.8 Å². The Balaban J connectivity index is 1.50. The average Bonchev–Trinajstić information content (AvgIpc) is 3.36. The summed E-state index contributed by atoms with van der Waals surface area (Å²) < 4.78 is 17.3. The molecule has 0 bridgehead atoms. The molecule has 28 heavy (non-hydrogen) atoms. The molecule has 1 saturated carbocycles. The molecular weight excluding hydrogens is 354 g/mol. The summed E-state index contributed by atoms with van der Waals surface area (Å²) in [6, 6.07) is 4.77. The number of rotatable bonds is 4. The van der Waals surface area contributed by atoms with Crippen LogP contribution in [-0.2, 0) is 18.4 Å². The molecule has 1 aliphatic carbocycles. The second-order valence-electron chi connectivity index (χ2n) is 8.51. The van der Waals surface area contributed by atoms with E-state index in [1.54, 1.807) is 0 Å². The third-order valence-corrected chi connectivity index (χ3v) is 6.67. The van der Waals surface area contributed by atoms with Gasteiger partial charge in [-0.2, -0.15) is 4.98 Å². The molecule has 0 N–H and O–H groups in total. The minimum atomic E-state index is 0.198. The van der Waals surface area contributed by atoms with E-state index in [1.807, 2.05) is 0 Å². The number of benzene rings is 1. The Kier molecular flexibility index (Phi) is 4.54. The molecule has 2 aromatic rings. The van der Waals surface area contributed by atoms with Crippen LogP contribution >= 0.6 is 0 Å². The molecule has 6 heteroatoms. The molecule has 1 atom stereocenters. The smallest absolute Gasteiger partial charge is 0.240 e. The molecule has 5 rings (SSSR count). The summed E-state index contributed by atoms with van der Waals surface area (Å²) in [6.45, 7) is 7.41. The van der Waals surface area contributed by atoms with Crippen LogP contribution in [-0.4, -0.2) is 34.8 Å². The van der Waals surface area contributed by atoms with E-state index in [1.165, 1.54) is 36.8 Å². The molecule has 3 heterocycles. The summed E-state index contributed by atoms with van der Waals surface area (Å²) in [6.07, 6.45) is 6.94. The van der Waals surface area contributed by atoms with Gasteiger partial charge in [0.15, 0.2) is 17.3 Å². The van der Waals surface area contributed by atoms with Crippen molar-refractivity contribution in [1.29, 1.82) is 0 Å². The quantitative estimate of drug-likeness (QED) is 0.789. The van der Waals surface area contributed by atoms with Crippen LogP contribution in [0.2, 0.25) is 0 Å². The van der Waals surface area contributed by atoms with Crippen LogP contribution < -0.4 is 9.47 Å². The van der Waals surface area contributed by atoms with Crippen molar-refractivity contribution in [3.8, 4) is 11.5 Å². The largest absolute Gasteiger partial charge is 0.486 e. The van der Waals surface area contributed by atoms with Crippen molar-refractivity contribution in [3.05, 3.63) is 35.0 Å². The molecule has 2 aliphatic heterocycles. The summed E-state index contributed by atoms with van der Waals surface area (Å²) >= 11 is 0. The lowest BCUT2D eigenvalue weighted by atomic mass is 9.71. The number of aromatic nitrogens is 2. The Hall–Kier alpha value is -2.08. The van der Waals surface area contributed by atoms with Crippen molar-refractivity contribution in [2.75, 3.05) is 19.8 Å². The minimum Gasteiger partial charge on any atom is -0.486 e. The average molecular weight is 383 g/mol. The first kappa shape index (κ1) is 18.0. The standard InChI is InChI=1S/C22H29N3O3/c1-3-6-20-23-21(28-24-20)13-25-14-22(7-4-5-8-22)17-12-19-18(26-9-10-27-19)11-16(17)15(25)2/h11-12,15H,3-10,13-14H2,1-2H3/t15-/m1/s1. The molecule has 1 spiro atoms. The Morgan fingerprint density at radius 2 is 1.89 bits per heavy atom. The zero-order valence-electron chi connectivity index (χ0n) is 16.9. The Labute approximate surface area is 166 Å². The van der Waals surface area contributed by atoms with Crippen molar-refractivity contribution >= 4 is 0 Å². The Bertz CT molecular complexity index is 857. The summed E-state index contributed by atoms with van der Waals surface area (Å²) in [5, 5.41) is 4.14. The fourth-order valence-electron chi connectivity index (χ4n) is 5.24. The lowest BCUT2D eigenvalue weighted by Crippen LogP contribution is -2.45. The van der Waals surface area contributed by atoms with Crippen LogP contribution in [0.5, 0.6) is 11.5 Å². The number of ether oxygens (including phenoxy) is 2. The van der Waals surface area contributed by atoms with Crippen LogP contribution in [0, 0.1) is 0 Å². The second-order valence-corrected chi connectivity index (χ2v) is 8.51. The van der Waals surface area contributed by atoms with Gasteiger partial charge in [0, 0.05) is 24.4 Å². The highest BCUT2D eigenvalue weighted by molar-refractivity contribution is 5.53. The van der Waals surface area contributed by atoms with Crippen molar-refractivity contribution < 1.29 is 14.0 Å². The van der Waals surface area contributed by atoms with Gasteiger partial charge < -0.3 is 14.0 Å².